The Morgan fingerprint density at radius 3 is 2.58 bits per heavy atom. The molecule has 1 heterocycles. The first kappa shape index (κ1) is 12.5. The van der Waals surface area contributed by atoms with E-state index in [1.165, 1.54) is 31.4 Å². The maximum Gasteiger partial charge on any atom is 0.304 e. The molecule has 2 atom stereocenters. The summed E-state index contributed by atoms with van der Waals surface area (Å²) in [7, 11) is 0. The van der Waals surface area contributed by atoms with Gasteiger partial charge in [0.15, 0.2) is 0 Å². The summed E-state index contributed by atoms with van der Waals surface area (Å²) in [6.07, 6.45) is 3.97. The van der Waals surface area contributed by atoms with E-state index in [9.17, 15) is 14.5 Å². The minimum absolute atomic E-state index is 0.443. The van der Waals surface area contributed by atoms with Crippen LogP contribution in [0.1, 0.15) is 24.8 Å². The molecule has 1 aliphatic heterocycles. The number of nitro benzene ring substituents is 1. The Morgan fingerprint density at radius 1 is 1.32 bits per heavy atom. The molecule has 3 rings (SSSR count). The Kier molecular flexibility index (Phi) is 3.22. The molecule has 0 aromatic heterocycles. The van der Waals surface area contributed by atoms with Crippen molar-refractivity contribution in [2.75, 3.05) is 13.1 Å². The monoisotopic (exact) mass is 264 g/mol. The third kappa shape index (κ3) is 2.47. The number of nitrogens with zero attached hydrogens (tertiary/aromatic N) is 2. The third-order valence-electron chi connectivity index (χ3n) is 4.42. The number of hydrogen-bond donors (Lipinski definition) is 0. The van der Waals surface area contributed by atoms with Gasteiger partial charge in [0.05, 0.1) is 4.92 Å². The maximum absolute atomic E-state index is 13.5. The second-order valence-corrected chi connectivity index (χ2v) is 5.69. The molecule has 1 aromatic rings. The second-order valence-electron chi connectivity index (χ2n) is 5.69. The quantitative estimate of drug-likeness (QED) is 0.623. The lowest BCUT2D eigenvalue weighted by Gasteiger charge is -2.16. The van der Waals surface area contributed by atoms with Crippen molar-refractivity contribution in [3.8, 4) is 0 Å². The fourth-order valence-electron chi connectivity index (χ4n) is 3.52. The molecule has 1 saturated carbocycles. The van der Waals surface area contributed by atoms with Crippen molar-refractivity contribution in [1.29, 1.82) is 0 Å². The highest BCUT2D eigenvalue weighted by atomic mass is 19.1. The largest absolute Gasteiger partial charge is 0.304 e. The summed E-state index contributed by atoms with van der Waals surface area (Å²) in [6.45, 7) is 2.87. The van der Waals surface area contributed by atoms with Crippen molar-refractivity contribution in [2.45, 2.75) is 25.8 Å². The SMILES string of the molecule is O=[N+]([O-])c1ccc(CN2CC3CCCC3C2)cc1F. The first-order valence-electron chi connectivity index (χ1n) is 6.78. The highest BCUT2D eigenvalue weighted by Gasteiger charge is 2.35. The van der Waals surface area contributed by atoms with E-state index in [4.69, 9.17) is 0 Å². The molecule has 0 bridgehead atoms. The molecule has 1 aromatic carbocycles. The Hall–Kier alpha value is -1.49. The average Bonchev–Trinajstić information content (AvgIpc) is 2.89. The van der Waals surface area contributed by atoms with Gasteiger partial charge in [-0.1, -0.05) is 12.5 Å². The molecular formula is C14H17FN2O2. The van der Waals surface area contributed by atoms with Gasteiger partial charge in [0.2, 0.25) is 5.82 Å². The van der Waals surface area contributed by atoms with Gasteiger partial charge in [-0.15, -0.1) is 0 Å². The first-order valence-corrected chi connectivity index (χ1v) is 6.78. The molecule has 102 valence electrons. The summed E-state index contributed by atoms with van der Waals surface area (Å²) in [4.78, 5) is 12.2. The van der Waals surface area contributed by atoms with E-state index >= 15 is 0 Å². The van der Waals surface area contributed by atoms with Crippen LogP contribution in [0.5, 0.6) is 0 Å². The number of nitro groups is 1. The van der Waals surface area contributed by atoms with Gasteiger partial charge in [-0.05, 0) is 36.3 Å². The molecular weight excluding hydrogens is 247 g/mol. The number of hydrogen-bond acceptors (Lipinski definition) is 3. The Labute approximate surface area is 111 Å². The summed E-state index contributed by atoms with van der Waals surface area (Å²) in [5.41, 5.74) is 0.380. The average molecular weight is 264 g/mol. The van der Waals surface area contributed by atoms with Crippen molar-refractivity contribution in [1.82, 2.24) is 4.90 Å². The lowest BCUT2D eigenvalue weighted by molar-refractivity contribution is -0.387. The molecule has 0 radical (unpaired) electrons. The Bertz CT molecular complexity index is 494. The van der Waals surface area contributed by atoms with Gasteiger partial charge >= 0.3 is 5.69 Å². The lowest BCUT2D eigenvalue weighted by atomic mass is 10.0. The van der Waals surface area contributed by atoms with Crippen LogP contribution < -0.4 is 0 Å². The van der Waals surface area contributed by atoms with Gasteiger partial charge in [-0.2, -0.15) is 4.39 Å². The van der Waals surface area contributed by atoms with E-state index < -0.39 is 16.4 Å². The maximum atomic E-state index is 13.5. The molecule has 19 heavy (non-hydrogen) atoms. The Morgan fingerprint density at radius 2 is 2.00 bits per heavy atom. The van der Waals surface area contributed by atoms with Crippen LogP contribution in [0, 0.1) is 27.8 Å². The zero-order valence-corrected chi connectivity index (χ0v) is 10.7. The molecule has 4 nitrogen and oxygen atoms in total. The number of fused-ring (bicyclic) bond motifs is 1. The molecule has 0 spiro atoms. The molecule has 5 heteroatoms. The van der Waals surface area contributed by atoms with Gasteiger partial charge in [0, 0.05) is 25.7 Å². The van der Waals surface area contributed by atoms with Crippen LogP contribution in [0.25, 0.3) is 0 Å². The zero-order chi connectivity index (χ0) is 13.4. The van der Waals surface area contributed by atoms with Crippen LogP contribution in [0.2, 0.25) is 0 Å². The Balaban J connectivity index is 1.67. The van der Waals surface area contributed by atoms with Crippen LogP contribution in [0.3, 0.4) is 0 Å². The number of likely N-dealkylation sites (tertiary alicyclic amines) is 1. The van der Waals surface area contributed by atoms with Crippen molar-refractivity contribution < 1.29 is 9.31 Å². The zero-order valence-electron chi connectivity index (χ0n) is 10.7. The van der Waals surface area contributed by atoms with Crippen molar-refractivity contribution in [3.05, 3.63) is 39.7 Å². The summed E-state index contributed by atoms with van der Waals surface area (Å²) in [5, 5.41) is 10.6. The van der Waals surface area contributed by atoms with Gasteiger partial charge in [0.1, 0.15) is 0 Å². The smallest absolute Gasteiger partial charge is 0.299 e. The summed E-state index contributed by atoms with van der Waals surface area (Å²) in [6, 6.07) is 4.23. The minimum Gasteiger partial charge on any atom is -0.299 e. The molecule has 0 N–H and O–H groups in total. The fraction of sp³-hybridized carbons (Fsp3) is 0.571. The third-order valence-corrected chi connectivity index (χ3v) is 4.42. The standard InChI is InChI=1S/C14H17FN2O2/c15-13-6-10(4-5-14(13)17(18)19)7-16-8-11-2-1-3-12(11)9-16/h4-6,11-12H,1-3,7-9H2. The second kappa shape index (κ2) is 4.89. The van der Waals surface area contributed by atoms with E-state index in [0.717, 1.165) is 30.5 Å². The normalized spacial score (nSPS) is 26.6. The van der Waals surface area contributed by atoms with E-state index in [1.54, 1.807) is 6.07 Å². The van der Waals surface area contributed by atoms with Gasteiger partial charge in [-0.3, -0.25) is 15.0 Å². The summed E-state index contributed by atoms with van der Waals surface area (Å²) < 4.78 is 13.5. The van der Waals surface area contributed by atoms with E-state index in [1.807, 2.05) is 0 Å². The predicted molar refractivity (Wildman–Crippen MR) is 69.2 cm³/mol. The van der Waals surface area contributed by atoms with Crippen LogP contribution in [0.15, 0.2) is 18.2 Å². The molecule has 2 aliphatic rings. The van der Waals surface area contributed by atoms with Crippen molar-refractivity contribution >= 4 is 5.69 Å². The van der Waals surface area contributed by atoms with E-state index in [0.29, 0.717) is 6.54 Å². The number of benzene rings is 1. The van der Waals surface area contributed by atoms with Crippen molar-refractivity contribution in [2.24, 2.45) is 11.8 Å². The molecule has 1 saturated heterocycles. The van der Waals surface area contributed by atoms with Crippen LogP contribution in [-0.4, -0.2) is 22.9 Å². The highest BCUT2D eigenvalue weighted by Crippen LogP contribution is 2.38. The molecule has 2 fully saturated rings. The van der Waals surface area contributed by atoms with Gasteiger partial charge < -0.3 is 0 Å². The van der Waals surface area contributed by atoms with E-state index in [-0.39, 0.29) is 0 Å². The van der Waals surface area contributed by atoms with Crippen LogP contribution in [-0.2, 0) is 6.54 Å². The van der Waals surface area contributed by atoms with Crippen LogP contribution in [0.4, 0.5) is 10.1 Å². The van der Waals surface area contributed by atoms with Crippen molar-refractivity contribution in [3.63, 3.8) is 0 Å². The van der Waals surface area contributed by atoms with Gasteiger partial charge in [-0.25, -0.2) is 0 Å². The van der Waals surface area contributed by atoms with E-state index in [2.05, 4.69) is 4.90 Å². The topological polar surface area (TPSA) is 46.4 Å². The predicted octanol–water partition coefficient (Wildman–Crippen LogP) is 2.97. The first-order chi connectivity index (χ1) is 9.13. The molecule has 0 amide bonds. The summed E-state index contributed by atoms with van der Waals surface area (Å²) >= 11 is 0. The van der Waals surface area contributed by atoms with Crippen LogP contribution >= 0.6 is 0 Å². The number of halogens is 1. The fourth-order valence-corrected chi connectivity index (χ4v) is 3.52. The lowest BCUT2D eigenvalue weighted by Crippen LogP contribution is -2.21. The summed E-state index contributed by atoms with van der Waals surface area (Å²) in [5.74, 6) is 0.882. The molecule has 2 unspecified atom stereocenters. The minimum atomic E-state index is -0.734. The highest BCUT2D eigenvalue weighted by molar-refractivity contribution is 5.35. The van der Waals surface area contributed by atoms with Gasteiger partial charge in [0.25, 0.3) is 0 Å². The molecule has 1 aliphatic carbocycles. The number of rotatable bonds is 3.